The molecule has 7 heteroatoms. The Labute approximate surface area is 204 Å². The number of benzodiazepines with no additional fused rings is 1. The number of anilines is 1. The number of fused-ring (bicyclic) bond motifs is 1. The Balaban J connectivity index is 1.55. The lowest BCUT2D eigenvalue weighted by Gasteiger charge is -2.22. The monoisotopic (exact) mass is 519 g/mol. The first-order chi connectivity index (χ1) is 16.0. The van der Waals surface area contributed by atoms with Crippen molar-refractivity contribution in [2.45, 2.75) is 13.5 Å². The highest BCUT2D eigenvalue weighted by Crippen LogP contribution is 2.32. The van der Waals surface area contributed by atoms with E-state index in [1.165, 1.54) is 0 Å². The van der Waals surface area contributed by atoms with Crippen LogP contribution in [0.15, 0.2) is 86.7 Å². The molecule has 0 radical (unpaired) electrons. The number of carbonyl (C=O) groups is 1. The third kappa shape index (κ3) is 4.36. The molecule has 0 N–H and O–H groups in total. The predicted molar refractivity (Wildman–Crippen MR) is 134 cm³/mol. The first kappa shape index (κ1) is 21.6. The van der Waals surface area contributed by atoms with Crippen molar-refractivity contribution in [3.8, 4) is 11.5 Å². The number of hydrogen-bond acceptors (Lipinski definition) is 4. The van der Waals surface area contributed by atoms with Crippen LogP contribution in [0.2, 0.25) is 5.02 Å². The fourth-order valence-electron chi connectivity index (χ4n) is 3.87. The van der Waals surface area contributed by atoms with E-state index in [1.54, 1.807) is 11.0 Å². The second-order valence-electron chi connectivity index (χ2n) is 7.70. The molecule has 1 aliphatic rings. The molecule has 0 aliphatic carbocycles. The number of halogens is 2. The van der Waals surface area contributed by atoms with Crippen LogP contribution in [0.5, 0.6) is 0 Å². The zero-order chi connectivity index (χ0) is 22.9. The van der Waals surface area contributed by atoms with Gasteiger partial charge in [0, 0.05) is 26.2 Å². The zero-order valence-corrected chi connectivity index (χ0v) is 20.1. The van der Waals surface area contributed by atoms with Gasteiger partial charge in [0.05, 0.1) is 17.9 Å². The number of carbonyl (C=O) groups excluding carboxylic acids is 1. The van der Waals surface area contributed by atoms with E-state index < -0.39 is 0 Å². The molecule has 33 heavy (non-hydrogen) atoms. The van der Waals surface area contributed by atoms with Crippen LogP contribution in [0.3, 0.4) is 0 Å². The molecule has 0 fully saturated rings. The molecule has 0 spiro atoms. The van der Waals surface area contributed by atoms with Gasteiger partial charge in [0.15, 0.2) is 0 Å². The SMILES string of the molecule is Cc1oc(-c2cccc(Br)c2)nc1CN1C(=O)CN=C(c2ccccc2)c2cc(Cl)ccc21. The third-order valence-electron chi connectivity index (χ3n) is 5.50. The van der Waals surface area contributed by atoms with E-state index in [2.05, 4.69) is 20.9 Å². The lowest BCUT2D eigenvalue weighted by atomic mass is 10.00. The molecule has 164 valence electrons. The highest BCUT2D eigenvalue weighted by atomic mass is 79.9. The number of rotatable bonds is 4. The third-order valence-corrected chi connectivity index (χ3v) is 6.23. The minimum absolute atomic E-state index is 0.0336. The molecule has 1 aromatic heterocycles. The Morgan fingerprint density at radius 3 is 2.61 bits per heavy atom. The first-order valence-electron chi connectivity index (χ1n) is 10.4. The van der Waals surface area contributed by atoms with Crippen molar-refractivity contribution in [2.24, 2.45) is 4.99 Å². The minimum Gasteiger partial charge on any atom is -0.441 e. The second-order valence-corrected chi connectivity index (χ2v) is 9.06. The van der Waals surface area contributed by atoms with Crippen LogP contribution in [-0.2, 0) is 11.3 Å². The summed E-state index contributed by atoms with van der Waals surface area (Å²) in [5, 5.41) is 0.584. The number of benzene rings is 3. The van der Waals surface area contributed by atoms with Gasteiger partial charge < -0.3 is 9.32 Å². The molecule has 0 atom stereocenters. The van der Waals surface area contributed by atoms with Crippen molar-refractivity contribution in [3.63, 3.8) is 0 Å². The maximum Gasteiger partial charge on any atom is 0.249 e. The fourth-order valence-corrected chi connectivity index (χ4v) is 4.44. The summed E-state index contributed by atoms with van der Waals surface area (Å²) in [6, 6.07) is 23.1. The highest BCUT2D eigenvalue weighted by molar-refractivity contribution is 9.10. The quantitative estimate of drug-likeness (QED) is 0.311. The predicted octanol–water partition coefficient (Wildman–Crippen LogP) is 6.45. The molecule has 0 saturated heterocycles. The molecular formula is C26H19BrClN3O2. The van der Waals surface area contributed by atoms with Gasteiger partial charge in [0.1, 0.15) is 18.0 Å². The van der Waals surface area contributed by atoms with E-state index in [4.69, 9.17) is 21.0 Å². The van der Waals surface area contributed by atoms with Crippen molar-refractivity contribution in [1.82, 2.24) is 4.98 Å². The van der Waals surface area contributed by atoms with Crippen LogP contribution in [-0.4, -0.2) is 23.1 Å². The van der Waals surface area contributed by atoms with Gasteiger partial charge in [-0.25, -0.2) is 4.98 Å². The minimum atomic E-state index is -0.115. The smallest absolute Gasteiger partial charge is 0.249 e. The Morgan fingerprint density at radius 2 is 1.82 bits per heavy atom. The van der Waals surface area contributed by atoms with Crippen LogP contribution in [0.1, 0.15) is 22.6 Å². The molecule has 3 aromatic carbocycles. The number of aryl methyl sites for hydroxylation is 1. The van der Waals surface area contributed by atoms with Crippen molar-refractivity contribution >= 4 is 44.8 Å². The van der Waals surface area contributed by atoms with Gasteiger partial charge in [0.2, 0.25) is 11.8 Å². The summed E-state index contributed by atoms with van der Waals surface area (Å²) >= 11 is 9.83. The molecule has 0 unspecified atom stereocenters. The molecule has 4 aromatic rings. The Bertz CT molecular complexity index is 1380. The van der Waals surface area contributed by atoms with Gasteiger partial charge in [-0.2, -0.15) is 0 Å². The average Bonchev–Trinajstić information content (AvgIpc) is 3.12. The van der Waals surface area contributed by atoms with Gasteiger partial charge in [-0.15, -0.1) is 0 Å². The van der Waals surface area contributed by atoms with Crippen LogP contribution in [0, 0.1) is 6.92 Å². The van der Waals surface area contributed by atoms with Crippen LogP contribution >= 0.6 is 27.5 Å². The second kappa shape index (κ2) is 8.96. The van der Waals surface area contributed by atoms with Crippen LogP contribution < -0.4 is 4.90 Å². The molecular weight excluding hydrogens is 502 g/mol. The maximum absolute atomic E-state index is 13.2. The van der Waals surface area contributed by atoms with E-state index in [9.17, 15) is 4.79 Å². The van der Waals surface area contributed by atoms with Gasteiger partial charge in [0.25, 0.3) is 0 Å². The van der Waals surface area contributed by atoms with E-state index in [-0.39, 0.29) is 19.0 Å². The van der Waals surface area contributed by atoms with E-state index >= 15 is 0 Å². The van der Waals surface area contributed by atoms with Gasteiger partial charge in [-0.1, -0.05) is 63.9 Å². The Kier molecular flexibility index (Phi) is 5.87. The van der Waals surface area contributed by atoms with Gasteiger partial charge >= 0.3 is 0 Å². The summed E-state index contributed by atoms with van der Waals surface area (Å²) in [5.41, 5.74) is 4.80. The zero-order valence-electron chi connectivity index (χ0n) is 17.8. The largest absolute Gasteiger partial charge is 0.441 e. The van der Waals surface area contributed by atoms with Crippen molar-refractivity contribution in [2.75, 3.05) is 11.4 Å². The Morgan fingerprint density at radius 1 is 1.03 bits per heavy atom. The van der Waals surface area contributed by atoms with Crippen molar-refractivity contribution in [1.29, 1.82) is 0 Å². The van der Waals surface area contributed by atoms with Crippen molar-refractivity contribution < 1.29 is 9.21 Å². The number of hydrogen-bond donors (Lipinski definition) is 0. The lowest BCUT2D eigenvalue weighted by molar-refractivity contribution is -0.117. The highest BCUT2D eigenvalue weighted by Gasteiger charge is 2.27. The number of aromatic nitrogens is 1. The molecule has 0 bridgehead atoms. The molecule has 1 amide bonds. The first-order valence-corrected chi connectivity index (χ1v) is 11.6. The lowest BCUT2D eigenvalue weighted by Crippen LogP contribution is -2.32. The molecule has 2 heterocycles. The van der Waals surface area contributed by atoms with Crippen LogP contribution in [0.4, 0.5) is 5.69 Å². The van der Waals surface area contributed by atoms with Gasteiger partial charge in [-0.05, 0) is 43.3 Å². The topological polar surface area (TPSA) is 58.7 Å². The van der Waals surface area contributed by atoms with Gasteiger partial charge in [-0.3, -0.25) is 9.79 Å². The number of oxazole rings is 1. The number of nitrogens with zero attached hydrogens (tertiary/aromatic N) is 3. The maximum atomic E-state index is 13.2. The summed E-state index contributed by atoms with van der Waals surface area (Å²) in [6.45, 7) is 2.17. The van der Waals surface area contributed by atoms with Crippen molar-refractivity contribution in [3.05, 3.63) is 105 Å². The summed E-state index contributed by atoms with van der Waals surface area (Å²) < 4.78 is 6.88. The van der Waals surface area contributed by atoms with Crippen LogP contribution in [0.25, 0.3) is 11.5 Å². The summed E-state index contributed by atoms with van der Waals surface area (Å²) in [5.74, 6) is 1.07. The van der Waals surface area contributed by atoms with E-state index in [0.717, 1.165) is 32.6 Å². The normalized spacial score (nSPS) is 13.5. The fraction of sp³-hybridized carbons (Fsp3) is 0.115. The number of aliphatic imine (C=N–C) groups is 1. The molecule has 1 aliphatic heterocycles. The number of amides is 1. The Hall–Kier alpha value is -3.22. The average molecular weight is 521 g/mol. The molecule has 5 rings (SSSR count). The van der Waals surface area contributed by atoms with E-state index in [0.29, 0.717) is 22.4 Å². The molecule has 0 saturated carbocycles. The summed E-state index contributed by atoms with van der Waals surface area (Å²) in [7, 11) is 0. The molecule has 5 nitrogen and oxygen atoms in total. The van der Waals surface area contributed by atoms with E-state index in [1.807, 2.05) is 73.7 Å². The summed E-state index contributed by atoms with van der Waals surface area (Å²) in [4.78, 5) is 24.3. The standard InChI is InChI=1S/C26H19BrClN3O2/c1-16-22(30-26(33-16)18-8-5-9-19(27)12-18)15-31-23-11-10-20(28)13-21(23)25(29-14-24(31)32)17-6-3-2-4-7-17/h2-13H,14-15H2,1H3. The summed E-state index contributed by atoms with van der Waals surface area (Å²) in [6.07, 6.45) is 0.